The highest BCUT2D eigenvalue weighted by Gasteiger charge is 2.24. The third-order valence-corrected chi connectivity index (χ3v) is 4.63. The van der Waals surface area contributed by atoms with Gasteiger partial charge in [-0.2, -0.15) is 0 Å². The van der Waals surface area contributed by atoms with Crippen molar-refractivity contribution in [1.29, 1.82) is 0 Å². The van der Waals surface area contributed by atoms with Crippen LogP contribution in [0.3, 0.4) is 0 Å². The summed E-state index contributed by atoms with van der Waals surface area (Å²) in [6.45, 7) is 2.75. The maximum atomic E-state index is 13.0. The molecule has 154 valence electrons. The molecule has 1 amide bonds. The molecule has 0 aliphatic carbocycles. The Kier molecular flexibility index (Phi) is 6.61. The number of nitro benzene ring substituents is 1. The van der Waals surface area contributed by atoms with Gasteiger partial charge in [0.25, 0.3) is 11.6 Å². The summed E-state index contributed by atoms with van der Waals surface area (Å²) in [7, 11) is 1.61. The third kappa shape index (κ3) is 5.20. The van der Waals surface area contributed by atoms with E-state index in [1.54, 1.807) is 13.1 Å². The van der Waals surface area contributed by atoms with E-state index in [4.69, 9.17) is 9.47 Å². The first-order valence-corrected chi connectivity index (χ1v) is 9.20. The first kappa shape index (κ1) is 20.5. The van der Waals surface area contributed by atoms with E-state index in [1.165, 1.54) is 41.3 Å². The summed E-state index contributed by atoms with van der Waals surface area (Å²) in [6, 6.07) is 9.93. The lowest BCUT2D eigenvalue weighted by molar-refractivity contribution is -0.384. The molecular weight excluding hydrogens is 381 g/mol. The minimum Gasteiger partial charge on any atom is -0.492 e. The largest absolute Gasteiger partial charge is 0.492 e. The van der Waals surface area contributed by atoms with Crippen LogP contribution < -0.4 is 9.64 Å². The van der Waals surface area contributed by atoms with Crippen LogP contribution >= 0.6 is 0 Å². The van der Waals surface area contributed by atoms with Gasteiger partial charge in [-0.25, -0.2) is 4.39 Å². The van der Waals surface area contributed by atoms with Gasteiger partial charge in [0, 0.05) is 32.3 Å². The summed E-state index contributed by atoms with van der Waals surface area (Å²) in [6.07, 6.45) is 0. The Labute approximate surface area is 167 Å². The van der Waals surface area contributed by atoms with Crippen LogP contribution in [0.4, 0.5) is 15.8 Å². The van der Waals surface area contributed by atoms with Crippen LogP contribution in [0.2, 0.25) is 0 Å². The van der Waals surface area contributed by atoms with Crippen molar-refractivity contribution < 1.29 is 23.6 Å². The van der Waals surface area contributed by atoms with Crippen LogP contribution in [-0.4, -0.2) is 62.2 Å². The van der Waals surface area contributed by atoms with Crippen molar-refractivity contribution in [3.8, 4) is 5.75 Å². The number of hydrogen-bond acceptors (Lipinski definition) is 6. The lowest BCUT2D eigenvalue weighted by Crippen LogP contribution is -2.38. The van der Waals surface area contributed by atoms with Gasteiger partial charge in [0.05, 0.1) is 35.9 Å². The van der Waals surface area contributed by atoms with Crippen LogP contribution in [-0.2, 0) is 4.74 Å². The zero-order valence-electron chi connectivity index (χ0n) is 16.0. The van der Waals surface area contributed by atoms with E-state index in [0.717, 1.165) is 0 Å². The number of amides is 1. The van der Waals surface area contributed by atoms with Gasteiger partial charge in [0.2, 0.25) is 0 Å². The second-order valence-electron chi connectivity index (χ2n) is 6.59. The Balaban J connectivity index is 1.72. The monoisotopic (exact) mass is 403 g/mol. The summed E-state index contributed by atoms with van der Waals surface area (Å²) in [5.74, 6) is -0.194. The van der Waals surface area contributed by atoms with E-state index < -0.39 is 4.92 Å². The third-order valence-electron chi connectivity index (χ3n) is 4.63. The second kappa shape index (κ2) is 9.33. The molecule has 9 heteroatoms. The van der Waals surface area contributed by atoms with Gasteiger partial charge < -0.3 is 19.3 Å². The van der Waals surface area contributed by atoms with Crippen LogP contribution in [0.25, 0.3) is 0 Å². The summed E-state index contributed by atoms with van der Waals surface area (Å²) in [5.41, 5.74) is 0.780. The molecule has 1 fully saturated rings. The number of carbonyl (C=O) groups excluding carboxylic acids is 1. The fourth-order valence-electron chi connectivity index (χ4n) is 3.03. The Bertz CT molecular complexity index is 869. The molecule has 2 aromatic carbocycles. The van der Waals surface area contributed by atoms with E-state index >= 15 is 0 Å². The molecule has 2 aromatic rings. The van der Waals surface area contributed by atoms with Crippen LogP contribution in [0.15, 0.2) is 42.5 Å². The molecule has 0 aromatic heterocycles. The maximum Gasteiger partial charge on any atom is 0.270 e. The molecule has 0 unspecified atom stereocenters. The number of ether oxygens (including phenoxy) is 2. The molecule has 8 nitrogen and oxygen atoms in total. The SMILES string of the molecule is CN(CCOc1ccc(F)cc1)C(=O)c1cc([N+](=O)[O-])ccc1N1CCOCC1. The smallest absolute Gasteiger partial charge is 0.270 e. The van der Waals surface area contributed by atoms with Gasteiger partial charge in [-0.3, -0.25) is 14.9 Å². The van der Waals surface area contributed by atoms with Gasteiger partial charge in [-0.05, 0) is 30.3 Å². The fourth-order valence-corrected chi connectivity index (χ4v) is 3.03. The van der Waals surface area contributed by atoms with Gasteiger partial charge in [-0.1, -0.05) is 0 Å². The highest BCUT2D eigenvalue weighted by atomic mass is 19.1. The first-order chi connectivity index (χ1) is 14.0. The average molecular weight is 403 g/mol. The number of anilines is 1. The maximum absolute atomic E-state index is 13.0. The molecule has 0 radical (unpaired) electrons. The number of carbonyl (C=O) groups is 1. The van der Waals surface area contributed by atoms with Crippen LogP contribution in [0.5, 0.6) is 5.75 Å². The van der Waals surface area contributed by atoms with Crippen molar-refractivity contribution in [3.63, 3.8) is 0 Å². The van der Waals surface area contributed by atoms with E-state index in [1.807, 2.05) is 4.90 Å². The molecule has 3 rings (SSSR count). The molecule has 0 N–H and O–H groups in total. The number of morpholine rings is 1. The predicted octanol–water partition coefficient (Wildman–Crippen LogP) is 2.72. The molecule has 0 atom stereocenters. The zero-order chi connectivity index (χ0) is 20.8. The minimum atomic E-state index is -0.516. The van der Waals surface area contributed by atoms with E-state index in [-0.39, 0.29) is 36.1 Å². The molecule has 29 heavy (non-hydrogen) atoms. The lowest BCUT2D eigenvalue weighted by Gasteiger charge is -2.31. The number of non-ortho nitro benzene ring substituents is 1. The summed E-state index contributed by atoms with van der Waals surface area (Å²) in [4.78, 5) is 27.1. The van der Waals surface area contributed by atoms with Gasteiger partial charge in [-0.15, -0.1) is 0 Å². The number of nitro groups is 1. The summed E-state index contributed by atoms with van der Waals surface area (Å²) >= 11 is 0. The normalized spacial score (nSPS) is 13.8. The fraction of sp³-hybridized carbons (Fsp3) is 0.350. The number of rotatable bonds is 7. The lowest BCUT2D eigenvalue weighted by atomic mass is 10.1. The molecule has 0 saturated carbocycles. The highest BCUT2D eigenvalue weighted by Crippen LogP contribution is 2.27. The van der Waals surface area contributed by atoms with Crippen molar-refractivity contribution in [1.82, 2.24) is 4.90 Å². The van der Waals surface area contributed by atoms with Crippen molar-refractivity contribution in [2.45, 2.75) is 0 Å². The van der Waals surface area contributed by atoms with Crippen molar-refractivity contribution >= 4 is 17.3 Å². The Hall–Kier alpha value is -3.20. The van der Waals surface area contributed by atoms with E-state index in [2.05, 4.69) is 0 Å². The van der Waals surface area contributed by atoms with Crippen LogP contribution in [0, 0.1) is 15.9 Å². The van der Waals surface area contributed by atoms with Gasteiger partial charge in [0.1, 0.15) is 18.2 Å². The summed E-state index contributed by atoms with van der Waals surface area (Å²) in [5, 5.41) is 11.2. The molecule has 1 aliphatic heterocycles. The predicted molar refractivity (Wildman–Crippen MR) is 105 cm³/mol. The Morgan fingerprint density at radius 1 is 1.24 bits per heavy atom. The van der Waals surface area contributed by atoms with E-state index in [0.29, 0.717) is 37.7 Å². The Morgan fingerprint density at radius 3 is 2.59 bits per heavy atom. The molecule has 1 heterocycles. The summed E-state index contributed by atoms with van der Waals surface area (Å²) < 4.78 is 23.8. The second-order valence-corrected chi connectivity index (χ2v) is 6.59. The molecule has 1 aliphatic rings. The zero-order valence-corrected chi connectivity index (χ0v) is 16.0. The van der Waals surface area contributed by atoms with Gasteiger partial charge >= 0.3 is 0 Å². The number of likely N-dealkylation sites (N-methyl/N-ethyl adjacent to an activating group) is 1. The average Bonchev–Trinajstić information content (AvgIpc) is 2.74. The minimum absolute atomic E-state index is 0.138. The molecule has 0 bridgehead atoms. The molecular formula is C20H22FN3O5. The molecule has 0 spiro atoms. The number of halogens is 1. The number of benzene rings is 2. The van der Waals surface area contributed by atoms with Crippen molar-refractivity contribution in [2.75, 3.05) is 51.4 Å². The van der Waals surface area contributed by atoms with Crippen molar-refractivity contribution in [3.05, 3.63) is 64.0 Å². The quantitative estimate of drug-likeness (QED) is 0.522. The highest BCUT2D eigenvalue weighted by molar-refractivity contribution is 6.00. The number of hydrogen-bond donors (Lipinski definition) is 0. The van der Waals surface area contributed by atoms with Crippen LogP contribution in [0.1, 0.15) is 10.4 Å². The number of nitrogens with zero attached hydrogens (tertiary/aromatic N) is 3. The topological polar surface area (TPSA) is 85.1 Å². The standard InChI is InChI=1S/C20H22FN3O5/c1-22(8-13-29-17-5-2-15(21)3-6-17)20(25)18-14-16(24(26)27)4-7-19(18)23-9-11-28-12-10-23/h2-7,14H,8-13H2,1H3. The molecule has 1 saturated heterocycles. The first-order valence-electron chi connectivity index (χ1n) is 9.20. The van der Waals surface area contributed by atoms with E-state index in [9.17, 15) is 19.3 Å². The van der Waals surface area contributed by atoms with Gasteiger partial charge in [0.15, 0.2) is 0 Å². The Morgan fingerprint density at radius 2 is 1.93 bits per heavy atom. The van der Waals surface area contributed by atoms with Crippen molar-refractivity contribution in [2.24, 2.45) is 0 Å².